The Hall–Kier alpha value is -1.93. The molecular formula is C20H22O6S. The maximum atomic E-state index is 12.7. The lowest BCUT2D eigenvalue weighted by molar-refractivity contribution is -0.0138. The Morgan fingerprint density at radius 2 is 1.37 bits per heavy atom. The monoisotopic (exact) mass is 390 g/mol. The van der Waals surface area contributed by atoms with E-state index in [9.17, 15) is 8.42 Å². The second-order valence-electron chi connectivity index (χ2n) is 6.81. The third-order valence-electron chi connectivity index (χ3n) is 5.02. The van der Waals surface area contributed by atoms with Gasteiger partial charge in [-0.1, -0.05) is 17.7 Å². The van der Waals surface area contributed by atoms with Crippen LogP contribution in [0.2, 0.25) is 0 Å². The molecular weight excluding hydrogens is 368 g/mol. The van der Waals surface area contributed by atoms with Gasteiger partial charge in [-0.05, 0) is 43.3 Å². The molecule has 4 atom stereocenters. The van der Waals surface area contributed by atoms with E-state index < -0.39 is 9.84 Å². The quantitative estimate of drug-likeness (QED) is 0.781. The zero-order chi connectivity index (χ0) is 19.0. The number of methoxy groups -OCH3 is 1. The van der Waals surface area contributed by atoms with Gasteiger partial charge in [-0.2, -0.15) is 0 Å². The van der Waals surface area contributed by atoms with Gasteiger partial charge in [0.1, 0.15) is 24.1 Å². The summed E-state index contributed by atoms with van der Waals surface area (Å²) in [6.45, 7) is 2.82. The molecule has 0 amide bonds. The fourth-order valence-electron chi connectivity index (χ4n) is 3.46. The van der Waals surface area contributed by atoms with Crippen molar-refractivity contribution in [1.29, 1.82) is 0 Å². The second-order valence-corrected chi connectivity index (χ2v) is 8.76. The summed E-state index contributed by atoms with van der Waals surface area (Å²) in [6.07, 6.45) is -0.618. The molecule has 144 valence electrons. The molecule has 0 spiro atoms. The topological polar surface area (TPSA) is 71.1 Å². The molecule has 2 aliphatic rings. The maximum absolute atomic E-state index is 12.7. The smallest absolute Gasteiger partial charge is 0.206 e. The van der Waals surface area contributed by atoms with E-state index in [4.69, 9.17) is 18.9 Å². The van der Waals surface area contributed by atoms with E-state index in [1.54, 1.807) is 55.6 Å². The zero-order valence-electron chi connectivity index (χ0n) is 15.2. The first-order valence-corrected chi connectivity index (χ1v) is 10.3. The maximum Gasteiger partial charge on any atom is 0.206 e. The van der Waals surface area contributed by atoms with Crippen molar-refractivity contribution in [2.45, 2.75) is 41.1 Å². The van der Waals surface area contributed by atoms with E-state index >= 15 is 0 Å². The Morgan fingerprint density at radius 1 is 0.852 bits per heavy atom. The predicted molar refractivity (Wildman–Crippen MR) is 97.8 cm³/mol. The largest absolute Gasteiger partial charge is 0.485 e. The summed E-state index contributed by atoms with van der Waals surface area (Å²) >= 11 is 0. The van der Waals surface area contributed by atoms with Crippen LogP contribution in [0.15, 0.2) is 58.3 Å². The molecule has 0 aliphatic carbocycles. The van der Waals surface area contributed by atoms with E-state index in [0.717, 1.165) is 5.56 Å². The first kappa shape index (κ1) is 18.4. The Morgan fingerprint density at radius 3 is 1.96 bits per heavy atom. The molecule has 0 N–H and O–H groups in total. The molecule has 0 aromatic heterocycles. The molecule has 2 aliphatic heterocycles. The number of aryl methyl sites for hydroxylation is 1. The van der Waals surface area contributed by atoms with Gasteiger partial charge in [-0.15, -0.1) is 0 Å². The molecule has 2 heterocycles. The van der Waals surface area contributed by atoms with Gasteiger partial charge in [0.25, 0.3) is 0 Å². The van der Waals surface area contributed by atoms with Gasteiger partial charge in [0, 0.05) is 7.11 Å². The van der Waals surface area contributed by atoms with Crippen LogP contribution < -0.4 is 4.74 Å². The average Bonchev–Trinajstić information content (AvgIpc) is 3.25. The van der Waals surface area contributed by atoms with Crippen LogP contribution in [0.5, 0.6) is 5.75 Å². The van der Waals surface area contributed by atoms with E-state index in [0.29, 0.717) is 19.0 Å². The lowest BCUT2D eigenvalue weighted by Gasteiger charge is -2.18. The van der Waals surface area contributed by atoms with Gasteiger partial charge in [-0.25, -0.2) is 8.42 Å². The van der Waals surface area contributed by atoms with Crippen LogP contribution in [-0.4, -0.2) is 53.2 Å². The van der Waals surface area contributed by atoms with Crippen LogP contribution in [-0.2, 0) is 24.0 Å². The molecule has 0 radical (unpaired) electrons. The van der Waals surface area contributed by atoms with Crippen LogP contribution >= 0.6 is 0 Å². The fraction of sp³-hybridized carbons (Fsp3) is 0.400. The molecule has 6 nitrogen and oxygen atoms in total. The Bertz CT molecular complexity index is 891. The van der Waals surface area contributed by atoms with Gasteiger partial charge in [0.2, 0.25) is 9.84 Å². The van der Waals surface area contributed by atoms with E-state index in [2.05, 4.69) is 0 Å². The number of benzene rings is 2. The van der Waals surface area contributed by atoms with Crippen LogP contribution in [0.4, 0.5) is 0 Å². The number of hydrogen-bond acceptors (Lipinski definition) is 6. The van der Waals surface area contributed by atoms with Gasteiger partial charge in [0.05, 0.1) is 23.0 Å². The highest BCUT2D eigenvalue weighted by Crippen LogP contribution is 2.31. The highest BCUT2D eigenvalue weighted by molar-refractivity contribution is 7.91. The second kappa shape index (κ2) is 7.24. The minimum absolute atomic E-state index is 0.0781. The molecule has 4 rings (SSSR count). The Kier molecular flexibility index (Phi) is 4.94. The third-order valence-corrected chi connectivity index (χ3v) is 6.80. The van der Waals surface area contributed by atoms with Gasteiger partial charge >= 0.3 is 0 Å². The Labute approximate surface area is 158 Å². The highest BCUT2D eigenvalue weighted by Gasteiger charge is 2.49. The molecule has 2 fully saturated rings. The molecule has 7 heteroatoms. The van der Waals surface area contributed by atoms with Crippen molar-refractivity contribution in [1.82, 2.24) is 0 Å². The molecule has 2 saturated heterocycles. The highest BCUT2D eigenvalue weighted by atomic mass is 32.2. The summed E-state index contributed by atoms with van der Waals surface area (Å²) in [6, 6.07) is 13.3. The lowest BCUT2D eigenvalue weighted by atomic mass is 10.1. The first-order valence-electron chi connectivity index (χ1n) is 8.83. The van der Waals surface area contributed by atoms with Crippen molar-refractivity contribution in [2.24, 2.45) is 0 Å². The van der Waals surface area contributed by atoms with Crippen molar-refractivity contribution in [3.63, 3.8) is 0 Å². The van der Waals surface area contributed by atoms with Gasteiger partial charge in [-0.3, -0.25) is 0 Å². The summed E-state index contributed by atoms with van der Waals surface area (Å²) in [5.41, 5.74) is 1.01. The first-order chi connectivity index (χ1) is 13.0. The van der Waals surface area contributed by atoms with Gasteiger partial charge in [0.15, 0.2) is 6.10 Å². The number of hydrogen-bond donors (Lipinski definition) is 0. The fourth-order valence-corrected chi connectivity index (χ4v) is 4.72. The van der Waals surface area contributed by atoms with Crippen molar-refractivity contribution in [3.8, 4) is 5.75 Å². The van der Waals surface area contributed by atoms with Crippen molar-refractivity contribution in [3.05, 3.63) is 54.1 Å². The van der Waals surface area contributed by atoms with Crippen LogP contribution in [0, 0.1) is 6.92 Å². The summed E-state index contributed by atoms with van der Waals surface area (Å²) in [4.78, 5) is 0.509. The van der Waals surface area contributed by atoms with Gasteiger partial charge < -0.3 is 18.9 Å². The SMILES string of the molecule is COC1COC2C(Oc3ccc(S(=O)(=O)c4ccc(C)cc4)cc3)COC12. The molecule has 0 bridgehead atoms. The number of rotatable bonds is 5. The molecule has 0 saturated carbocycles. The number of sulfone groups is 1. The molecule has 4 unspecified atom stereocenters. The number of ether oxygens (including phenoxy) is 4. The van der Waals surface area contributed by atoms with E-state index in [-0.39, 0.29) is 34.2 Å². The van der Waals surface area contributed by atoms with E-state index in [1.807, 2.05) is 6.92 Å². The summed E-state index contributed by atoms with van der Waals surface area (Å²) in [5.74, 6) is 0.580. The molecule has 27 heavy (non-hydrogen) atoms. The summed E-state index contributed by atoms with van der Waals surface area (Å²) < 4.78 is 48.3. The zero-order valence-corrected chi connectivity index (χ0v) is 16.0. The van der Waals surface area contributed by atoms with Crippen LogP contribution in [0.25, 0.3) is 0 Å². The standard InChI is InChI=1S/C20H22O6S/c1-13-3-7-15(8-4-13)27(21,22)16-9-5-14(6-10-16)26-18-12-25-19-17(23-2)11-24-20(18)19/h3-10,17-20H,11-12H2,1-2H3. The summed E-state index contributed by atoms with van der Waals surface area (Å²) in [5, 5.41) is 0. The Balaban J connectivity index is 1.47. The van der Waals surface area contributed by atoms with Crippen LogP contribution in [0.1, 0.15) is 5.56 Å². The summed E-state index contributed by atoms with van der Waals surface area (Å²) in [7, 11) is -1.91. The van der Waals surface area contributed by atoms with Crippen LogP contribution in [0.3, 0.4) is 0 Å². The van der Waals surface area contributed by atoms with Crippen molar-refractivity contribution < 1.29 is 27.4 Å². The number of fused-ring (bicyclic) bond motifs is 1. The predicted octanol–water partition coefficient (Wildman–Crippen LogP) is 2.39. The lowest BCUT2D eigenvalue weighted by Crippen LogP contribution is -2.35. The minimum Gasteiger partial charge on any atom is -0.485 e. The van der Waals surface area contributed by atoms with Crippen molar-refractivity contribution >= 4 is 9.84 Å². The average molecular weight is 390 g/mol. The molecule has 2 aromatic rings. The third kappa shape index (κ3) is 3.48. The normalized spacial score (nSPS) is 27.5. The molecule has 2 aromatic carbocycles. The van der Waals surface area contributed by atoms with Crippen molar-refractivity contribution in [2.75, 3.05) is 20.3 Å². The van der Waals surface area contributed by atoms with E-state index in [1.165, 1.54) is 0 Å². The minimum atomic E-state index is -3.55.